The Kier molecular flexibility index (Phi) is 5.30. The first-order valence-electron chi connectivity index (χ1n) is 3.97. The molecule has 0 aromatic carbocycles. The van der Waals surface area contributed by atoms with Gasteiger partial charge in [0.15, 0.2) is 5.25 Å². The molecule has 0 heterocycles. The van der Waals surface area contributed by atoms with Crippen LogP contribution in [0.3, 0.4) is 0 Å². The lowest BCUT2D eigenvalue weighted by atomic mass is 10.3. The van der Waals surface area contributed by atoms with Gasteiger partial charge in [0, 0.05) is 0 Å². The van der Waals surface area contributed by atoms with Crippen LogP contribution in [0.1, 0.15) is 13.3 Å². The van der Waals surface area contributed by atoms with Gasteiger partial charge in [-0.2, -0.15) is 8.42 Å². The maximum atomic E-state index is 11.0. The van der Waals surface area contributed by atoms with E-state index in [4.69, 9.17) is 14.8 Å². The van der Waals surface area contributed by atoms with Crippen molar-refractivity contribution in [1.29, 1.82) is 0 Å². The first-order chi connectivity index (χ1) is 7.14. The summed E-state index contributed by atoms with van der Waals surface area (Å²) in [4.78, 5) is 25.3. The highest BCUT2D eigenvalue weighted by molar-refractivity contribution is 7.87. The number of aliphatic carboxylic acids is 1. The highest BCUT2D eigenvalue weighted by Gasteiger charge is 2.35. The molecule has 2 atom stereocenters. The average Bonchev–Trinajstić information content (AvgIpc) is 2.08. The van der Waals surface area contributed by atoms with E-state index in [2.05, 4.69) is 4.84 Å². The SMILES string of the molecule is CC(O)NOC(=O)C(CC(=O)O)S(=O)(=O)O. The third-order valence-corrected chi connectivity index (χ3v) is 2.39. The predicted octanol–water partition coefficient (Wildman–Crippen LogP) is -1.90. The molecule has 0 saturated carbocycles. The molecule has 0 rings (SSSR count). The minimum atomic E-state index is -4.88. The number of hydrogen-bond donors (Lipinski definition) is 4. The van der Waals surface area contributed by atoms with Crippen molar-refractivity contribution in [2.24, 2.45) is 0 Å². The topological polar surface area (TPSA) is 150 Å². The lowest BCUT2D eigenvalue weighted by Gasteiger charge is -2.12. The van der Waals surface area contributed by atoms with Gasteiger partial charge in [0.1, 0.15) is 6.23 Å². The molecule has 0 amide bonds. The van der Waals surface area contributed by atoms with Crippen molar-refractivity contribution >= 4 is 22.1 Å². The summed E-state index contributed by atoms with van der Waals surface area (Å²) >= 11 is 0. The number of nitrogens with one attached hydrogen (secondary N) is 1. The Morgan fingerprint density at radius 1 is 1.44 bits per heavy atom. The Morgan fingerprint density at radius 3 is 2.25 bits per heavy atom. The molecule has 0 radical (unpaired) electrons. The number of aliphatic hydroxyl groups excluding tert-OH is 1. The molecule has 0 spiro atoms. The Morgan fingerprint density at radius 2 is 1.94 bits per heavy atom. The molecule has 10 heteroatoms. The summed E-state index contributed by atoms with van der Waals surface area (Å²) in [5.74, 6) is -3.12. The zero-order valence-corrected chi connectivity index (χ0v) is 8.97. The molecule has 0 aliphatic carbocycles. The molecule has 94 valence electrons. The third-order valence-electron chi connectivity index (χ3n) is 1.31. The number of rotatable bonds is 6. The molecule has 4 N–H and O–H groups in total. The van der Waals surface area contributed by atoms with Gasteiger partial charge in [-0.3, -0.25) is 9.35 Å². The van der Waals surface area contributed by atoms with Crippen LogP contribution in [0.15, 0.2) is 0 Å². The van der Waals surface area contributed by atoms with Crippen molar-refractivity contribution in [3.8, 4) is 0 Å². The first-order valence-corrected chi connectivity index (χ1v) is 5.47. The Balaban J connectivity index is 4.65. The van der Waals surface area contributed by atoms with Crippen molar-refractivity contribution in [2.45, 2.75) is 24.8 Å². The predicted molar refractivity (Wildman–Crippen MR) is 48.5 cm³/mol. The summed E-state index contributed by atoms with van der Waals surface area (Å²) in [6.07, 6.45) is -2.41. The Hall–Kier alpha value is -1.23. The normalized spacial score (nSPS) is 15.2. The van der Waals surface area contributed by atoms with Crippen molar-refractivity contribution in [3.63, 3.8) is 0 Å². The Labute approximate surface area is 90.7 Å². The van der Waals surface area contributed by atoms with Gasteiger partial charge >= 0.3 is 11.9 Å². The van der Waals surface area contributed by atoms with Crippen LogP contribution in [-0.4, -0.2) is 46.6 Å². The number of hydrogen-bond acceptors (Lipinski definition) is 7. The highest BCUT2D eigenvalue weighted by atomic mass is 32.2. The van der Waals surface area contributed by atoms with Crippen LogP contribution in [-0.2, 0) is 24.5 Å². The molecule has 2 unspecified atom stereocenters. The number of hydroxylamine groups is 1. The minimum Gasteiger partial charge on any atom is -0.481 e. The van der Waals surface area contributed by atoms with E-state index < -0.39 is 40.0 Å². The fourth-order valence-electron chi connectivity index (χ4n) is 0.678. The van der Waals surface area contributed by atoms with E-state index in [-0.39, 0.29) is 0 Å². The van der Waals surface area contributed by atoms with E-state index in [1.807, 2.05) is 0 Å². The van der Waals surface area contributed by atoms with Gasteiger partial charge in [-0.25, -0.2) is 4.79 Å². The second-order valence-electron chi connectivity index (χ2n) is 2.82. The maximum Gasteiger partial charge on any atom is 0.346 e. The lowest BCUT2D eigenvalue weighted by molar-refractivity contribution is -0.159. The van der Waals surface area contributed by atoms with Crippen molar-refractivity contribution < 1.29 is 37.6 Å². The minimum absolute atomic E-state index is 1.14. The monoisotopic (exact) mass is 257 g/mol. The molecule has 9 nitrogen and oxygen atoms in total. The van der Waals surface area contributed by atoms with Gasteiger partial charge in [0.2, 0.25) is 0 Å². The molecule has 16 heavy (non-hydrogen) atoms. The molecule has 0 aromatic rings. The van der Waals surface area contributed by atoms with Crippen LogP contribution >= 0.6 is 0 Å². The number of carboxylic acids is 1. The second kappa shape index (κ2) is 5.75. The molecule has 0 saturated heterocycles. The van der Waals surface area contributed by atoms with Crippen LogP contribution in [0.4, 0.5) is 0 Å². The number of carbonyl (C=O) groups is 2. The summed E-state index contributed by atoms with van der Waals surface area (Å²) in [7, 11) is -4.88. The summed E-state index contributed by atoms with van der Waals surface area (Å²) < 4.78 is 29.9. The van der Waals surface area contributed by atoms with Crippen molar-refractivity contribution in [2.75, 3.05) is 0 Å². The molecule has 0 aliphatic heterocycles. The average molecular weight is 257 g/mol. The summed E-state index contributed by atoms with van der Waals surface area (Å²) in [6, 6.07) is 0. The van der Waals surface area contributed by atoms with Gasteiger partial charge in [-0.1, -0.05) is 0 Å². The van der Waals surface area contributed by atoms with Crippen molar-refractivity contribution in [1.82, 2.24) is 5.48 Å². The standard InChI is InChI=1S/C6H11NO8S/c1-3(8)7-15-6(11)4(2-5(9)10)16(12,13)14/h3-4,7-8H,2H2,1H3,(H,9,10)(H,12,13,14). The summed E-state index contributed by atoms with van der Waals surface area (Å²) in [5.41, 5.74) is 1.71. The van der Waals surface area contributed by atoms with Gasteiger partial charge in [0.05, 0.1) is 6.42 Å². The van der Waals surface area contributed by atoms with Crippen LogP contribution < -0.4 is 5.48 Å². The van der Waals surface area contributed by atoms with E-state index >= 15 is 0 Å². The zero-order chi connectivity index (χ0) is 12.9. The largest absolute Gasteiger partial charge is 0.481 e. The van der Waals surface area contributed by atoms with E-state index in [1.54, 1.807) is 5.48 Å². The van der Waals surface area contributed by atoms with Gasteiger partial charge < -0.3 is 15.1 Å². The second-order valence-corrected chi connectivity index (χ2v) is 4.42. The maximum absolute atomic E-state index is 11.0. The van der Waals surface area contributed by atoms with Crippen LogP contribution in [0.25, 0.3) is 0 Å². The van der Waals surface area contributed by atoms with E-state index in [9.17, 15) is 18.0 Å². The molecule has 0 bridgehead atoms. The van der Waals surface area contributed by atoms with Gasteiger partial charge in [-0.15, -0.1) is 5.48 Å². The van der Waals surface area contributed by atoms with Crippen LogP contribution in [0.2, 0.25) is 0 Å². The Bertz CT molecular complexity index is 361. The van der Waals surface area contributed by atoms with E-state index in [1.165, 1.54) is 6.92 Å². The van der Waals surface area contributed by atoms with Crippen molar-refractivity contribution in [3.05, 3.63) is 0 Å². The molecule has 0 aliphatic rings. The molecule has 0 fully saturated rings. The van der Waals surface area contributed by atoms with Crippen LogP contribution in [0, 0.1) is 0 Å². The van der Waals surface area contributed by atoms with E-state index in [0.717, 1.165) is 0 Å². The summed E-state index contributed by atoms with van der Waals surface area (Å²) in [6.45, 7) is 1.17. The summed E-state index contributed by atoms with van der Waals surface area (Å²) in [5, 5.41) is 14.7. The van der Waals surface area contributed by atoms with Gasteiger partial charge in [0.25, 0.3) is 10.1 Å². The first kappa shape index (κ1) is 14.8. The fourth-order valence-corrected chi connectivity index (χ4v) is 1.32. The van der Waals surface area contributed by atoms with Crippen LogP contribution in [0.5, 0.6) is 0 Å². The third kappa shape index (κ3) is 5.60. The lowest BCUT2D eigenvalue weighted by Crippen LogP contribution is -2.39. The number of carbonyl (C=O) groups excluding carboxylic acids is 1. The van der Waals surface area contributed by atoms with Gasteiger partial charge in [-0.05, 0) is 6.92 Å². The number of aliphatic hydroxyl groups is 1. The zero-order valence-electron chi connectivity index (χ0n) is 8.15. The molecular formula is C6H11NO8S. The quantitative estimate of drug-likeness (QED) is 0.243. The smallest absolute Gasteiger partial charge is 0.346 e. The highest BCUT2D eigenvalue weighted by Crippen LogP contribution is 2.06. The molecule has 0 aromatic heterocycles. The molecular weight excluding hydrogens is 246 g/mol. The number of carboxylic acid groups (broad SMARTS) is 1. The van der Waals surface area contributed by atoms with E-state index in [0.29, 0.717) is 0 Å². The fraction of sp³-hybridized carbons (Fsp3) is 0.667.